The molecule has 3 amide bonds. The van der Waals surface area contributed by atoms with Crippen molar-refractivity contribution in [2.45, 2.75) is 32.2 Å². The lowest BCUT2D eigenvalue weighted by Crippen LogP contribution is -2.44. The lowest BCUT2D eigenvalue weighted by molar-refractivity contribution is -0.132. The highest BCUT2D eigenvalue weighted by Gasteiger charge is 2.50. The van der Waals surface area contributed by atoms with E-state index in [0.717, 1.165) is 0 Å². The second kappa shape index (κ2) is 5.46. The quantitative estimate of drug-likeness (QED) is 0.634. The summed E-state index contributed by atoms with van der Waals surface area (Å²) in [7, 11) is 0. The number of hydrogen-bond donors (Lipinski definition) is 2. The summed E-state index contributed by atoms with van der Waals surface area (Å²) in [5.41, 5.74) is -0.859. The smallest absolute Gasteiger partial charge is 0.327 e. The highest BCUT2D eigenvalue weighted by molar-refractivity contribution is 6.06. The number of aliphatic hydroxyl groups excluding tert-OH is 2. The minimum Gasteiger partial charge on any atom is -0.396 e. The Kier molecular flexibility index (Phi) is 4.47. The van der Waals surface area contributed by atoms with E-state index >= 15 is 0 Å². The minimum absolute atomic E-state index is 0.00924. The molecule has 0 aromatic carbocycles. The summed E-state index contributed by atoms with van der Waals surface area (Å²) in [4.78, 5) is 26.7. The molecule has 0 saturated carbocycles. The third kappa shape index (κ3) is 2.58. The van der Waals surface area contributed by atoms with Gasteiger partial charge in [0.05, 0.1) is 0 Å². The van der Waals surface area contributed by atoms with Gasteiger partial charge in [0.15, 0.2) is 0 Å². The molecule has 17 heavy (non-hydrogen) atoms. The van der Waals surface area contributed by atoms with Crippen LogP contribution in [0.3, 0.4) is 0 Å². The molecule has 1 heterocycles. The van der Waals surface area contributed by atoms with Crippen LogP contribution in [0.1, 0.15) is 26.7 Å². The van der Waals surface area contributed by atoms with E-state index in [1.165, 1.54) is 9.80 Å². The fourth-order valence-corrected chi connectivity index (χ4v) is 1.95. The summed E-state index contributed by atoms with van der Waals surface area (Å²) in [6.45, 7) is 3.95. The van der Waals surface area contributed by atoms with E-state index in [0.29, 0.717) is 19.4 Å². The zero-order valence-corrected chi connectivity index (χ0v) is 10.3. The number of aliphatic hydroxyl groups is 2. The van der Waals surface area contributed by atoms with Crippen molar-refractivity contribution >= 4 is 11.9 Å². The van der Waals surface area contributed by atoms with E-state index in [4.69, 9.17) is 10.2 Å². The minimum atomic E-state index is -0.859. The molecule has 98 valence electrons. The van der Waals surface area contributed by atoms with Gasteiger partial charge < -0.3 is 15.1 Å². The zero-order chi connectivity index (χ0) is 13.1. The Morgan fingerprint density at radius 3 is 2.12 bits per heavy atom. The first-order valence-electron chi connectivity index (χ1n) is 5.82. The van der Waals surface area contributed by atoms with Crippen molar-refractivity contribution < 1.29 is 19.8 Å². The maximum absolute atomic E-state index is 12.0. The molecule has 0 radical (unpaired) electrons. The Morgan fingerprint density at radius 1 is 1.06 bits per heavy atom. The Labute approximate surface area is 101 Å². The molecule has 1 aliphatic heterocycles. The normalized spacial score (nSPS) is 19.3. The number of urea groups is 1. The summed E-state index contributed by atoms with van der Waals surface area (Å²) < 4.78 is 0. The molecule has 0 aromatic rings. The monoisotopic (exact) mass is 244 g/mol. The van der Waals surface area contributed by atoms with Gasteiger partial charge in [0, 0.05) is 26.3 Å². The molecule has 1 aliphatic rings. The van der Waals surface area contributed by atoms with Gasteiger partial charge in [-0.1, -0.05) is 0 Å². The van der Waals surface area contributed by atoms with Crippen LogP contribution in [-0.2, 0) is 4.79 Å². The first-order valence-corrected chi connectivity index (χ1v) is 5.82. The molecule has 2 N–H and O–H groups in total. The Bertz CT molecular complexity index is 304. The van der Waals surface area contributed by atoms with Crippen molar-refractivity contribution in [3.05, 3.63) is 0 Å². The molecule has 1 fully saturated rings. The fourth-order valence-electron chi connectivity index (χ4n) is 1.95. The largest absolute Gasteiger partial charge is 0.396 e. The summed E-state index contributed by atoms with van der Waals surface area (Å²) in [5, 5.41) is 17.5. The lowest BCUT2D eigenvalue weighted by Gasteiger charge is -2.27. The van der Waals surface area contributed by atoms with Gasteiger partial charge in [0.2, 0.25) is 0 Å². The topological polar surface area (TPSA) is 81.1 Å². The standard InChI is InChI=1S/C11H20N2O4/c1-11(2)9(16)12(5-3-7-14)10(17)13(11)6-4-8-15/h14-15H,3-8H2,1-2H3. The van der Waals surface area contributed by atoms with Crippen LogP contribution in [0.5, 0.6) is 0 Å². The molecular formula is C11H20N2O4. The first kappa shape index (κ1) is 13.9. The van der Waals surface area contributed by atoms with Crippen molar-refractivity contribution in [3.63, 3.8) is 0 Å². The molecule has 0 spiro atoms. The number of imide groups is 1. The summed E-state index contributed by atoms with van der Waals surface area (Å²) in [5.74, 6) is -0.242. The van der Waals surface area contributed by atoms with Crippen LogP contribution in [0.4, 0.5) is 4.79 Å². The summed E-state index contributed by atoms with van der Waals surface area (Å²) >= 11 is 0. The van der Waals surface area contributed by atoms with Gasteiger partial charge in [-0.25, -0.2) is 4.79 Å². The van der Waals surface area contributed by atoms with E-state index in [1.54, 1.807) is 13.8 Å². The van der Waals surface area contributed by atoms with E-state index in [9.17, 15) is 9.59 Å². The van der Waals surface area contributed by atoms with Crippen LogP contribution in [-0.4, -0.2) is 63.8 Å². The average Bonchev–Trinajstić information content (AvgIpc) is 2.43. The second-order valence-corrected chi connectivity index (χ2v) is 4.60. The van der Waals surface area contributed by atoms with Crippen molar-refractivity contribution in [2.24, 2.45) is 0 Å². The Morgan fingerprint density at radius 2 is 1.59 bits per heavy atom. The van der Waals surface area contributed by atoms with Crippen LogP contribution in [0.15, 0.2) is 0 Å². The van der Waals surface area contributed by atoms with E-state index < -0.39 is 5.54 Å². The summed E-state index contributed by atoms with van der Waals surface area (Å²) in [6.07, 6.45) is 0.845. The highest BCUT2D eigenvalue weighted by atomic mass is 16.3. The molecule has 0 aliphatic carbocycles. The van der Waals surface area contributed by atoms with E-state index in [1.807, 2.05) is 0 Å². The van der Waals surface area contributed by atoms with Crippen LogP contribution in [0.25, 0.3) is 0 Å². The van der Waals surface area contributed by atoms with Crippen molar-refractivity contribution in [1.29, 1.82) is 0 Å². The maximum Gasteiger partial charge on any atom is 0.327 e. The first-order chi connectivity index (χ1) is 7.96. The van der Waals surface area contributed by atoms with Gasteiger partial charge in [-0.15, -0.1) is 0 Å². The Balaban J connectivity index is 2.79. The average molecular weight is 244 g/mol. The fraction of sp³-hybridized carbons (Fsp3) is 0.818. The molecule has 0 bridgehead atoms. The molecule has 1 rings (SSSR count). The van der Waals surface area contributed by atoms with Gasteiger partial charge in [0.25, 0.3) is 5.91 Å². The van der Waals surface area contributed by atoms with Gasteiger partial charge >= 0.3 is 6.03 Å². The molecule has 0 aromatic heterocycles. The molecule has 0 atom stereocenters. The third-order valence-electron chi connectivity index (χ3n) is 2.98. The maximum atomic E-state index is 12.0. The van der Waals surface area contributed by atoms with Gasteiger partial charge in [-0.3, -0.25) is 9.69 Å². The van der Waals surface area contributed by atoms with Crippen molar-refractivity contribution in [2.75, 3.05) is 26.3 Å². The summed E-state index contributed by atoms with van der Waals surface area (Å²) in [6, 6.07) is -0.332. The Hall–Kier alpha value is -1.14. The third-order valence-corrected chi connectivity index (χ3v) is 2.98. The predicted octanol–water partition coefficient (Wildman–Crippen LogP) is -0.206. The number of hydrogen-bond acceptors (Lipinski definition) is 4. The van der Waals surface area contributed by atoms with E-state index in [-0.39, 0.29) is 31.7 Å². The number of carbonyl (C=O) groups excluding carboxylic acids is 2. The molecular weight excluding hydrogens is 224 g/mol. The van der Waals surface area contributed by atoms with Gasteiger partial charge in [0.1, 0.15) is 5.54 Å². The number of carbonyl (C=O) groups is 2. The van der Waals surface area contributed by atoms with Crippen LogP contribution < -0.4 is 0 Å². The lowest BCUT2D eigenvalue weighted by atomic mass is 10.0. The molecule has 0 unspecified atom stereocenters. The molecule has 1 saturated heterocycles. The van der Waals surface area contributed by atoms with Crippen molar-refractivity contribution in [3.8, 4) is 0 Å². The second-order valence-electron chi connectivity index (χ2n) is 4.60. The van der Waals surface area contributed by atoms with Crippen LogP contribution in [0, 0.1) is 0 Å². The van der Waals surface area contributed by atoms with Crippen molar-refractivity contribution in [1.82, 2.24) is 9.80 Å². The predicted molar refractivity (Wildman–Crippen MR) is 61.3 cm³/mol. The van der Waals surface area contributed by atoms with Gasteiger partial charge in [-0.05, 0) is 26.7 Å². The number of rotatable bonds is 6. The number of nitrogens with zero attached hydrogens (tertiary/aromatic N) is 2. The van der Waals surface area contributed by atoms with Crippen LogP contribution in [0.2, 0.25) is 0 Å². The molecule has 6 heteroatoms. The SMILES string of the molecule is CC1(C)C(=O)N(CCCO)C(=O)N1CCCO. The van der Waals surface area contributed by atoms with Gasteiger partial charge in [-0.2, -0.15) is 0 Å². The number of amides is 3. The van der Waals surface area contributed by atoms with Crippen LogP contribution >= 0.6 is 0 Å². The molecule has 6 nitrogen and oxygen atoms in total. The van der Waals surface area contributed by atoms with E-state index in [2.05, 4.69) is 0 Å². The highest BCUT2D eigenvalue weighted by Crippen LogP contribution is 2.27. The zero-order valence-electron chi connectivity index (χ0n) is 10.3.